The zero-order valence-electron chi connectivity index (χ0n) is 11.4. The summed E-state index contributed by atoms with van der Waals surface area (Å²) >= 11 is 0. The highest BCUT2D eigenvalue weighted by atomic mass is 19.1. The minimum Gasteiger partial charge on any atom is -0.318 e. The van der Waals surface area contributed by atoms with Crippen LogP contribution in [0, 0.1) is 5.82 Å². The second-order valence-electron chi connectivity index (χ2n) is 4.43. The van der Waals surface area contributed by atoms with Crippen molar-refractivity contribution in [1.29, 1.82) is 0 Å². The molecule has 1 aromatic heterocycles. The Morgan fingerprint density at radius 1 is 1.45 bits per heavy atom. The molecule has 2 N–H and O–H groups in total. The van der Waals surface area contributed by atoms with Crippen LogP contribution >= 0.6 is 0 Å². The van der Waals surface area contributed by atoms with Gasteiger partial charge in [0.25, 0.3) is 0 Å². The minimum atomic E-state index is -0.285. The van der Waals surface area contributed by atoms with Gasteiger partial charge in [-0.05, 0) is 31.5 Å². The van der Waals surface area contributed by atoms with Gasteiger partial charge >= 0.3 is 6.03 Å². The molecule has 0 fully saturated rings. The number of benzene rings is 1. The fourth-order valence-electron chi connectivity index (χ4n) is 2.03. The molecule has 1 aromatic carbocycles. The van der Waals surface area contributed by atoms with Gasteiger partial charge in [-0.1, -0.05) is 12.1 Å². The highest BCUT2D eigenvalue weighted by Crippen LogP contribution is 2.21. The first kappa shape index (κ1) is 14.0. The highest BCUT2D eigenvalue weighted by molar-refractivity contribution is 5.89. The van der Waals surface area contributed by atoms with Crippen molar-refractivity contribution in [2.75, 3.05) is 11.9 Å². The van der Waals surface area contributed by atoms with E-state index in [0.717, 1.165) is 5.56 Å². The predicted molar refractivity (Wildman–Crippen MR) is 74.8 cm³/mol. The number of urea groups is 1. The van der Waals surface area contributed by atoms with Gasteiger partial charge in [0.1, 0.15) is 5.82 Å². The number of hydrogen-bond acceptors (Lipinski definition) is 2. The molecule has 0 saturated heterocycles. The minimum absolute atomic E-state index is 0.146. The molecule has 106 valence electrons. The number of carbonyl (C=O) groups is 1. The molecule has 2 rings (SSSR count). The van der Waals surface area contributed by atoms with Crippen molar-refractivity contribution < 1.29 is 9.18 Å². The number of nitrogens with one attached hydrogen (secondary N) is 2. The summed E-state index contributed by atoms with van der Waals surface area (Å²) in [6, 6.07) is 5.81. The van der Waals surface area contributed by atoms with E-state index in [4.69, 9.17) is 0 Å². The second-order valence-corrected chi connectivity index (χ2v) is 4.43. The van der Waals surface area contributed by atoms with Crippen LogP contribution in [0.2, 0.25) is 0 Å². The van der Waals surface area contributed by atoms with Crippen molar-refractivity contribution in [3.63, 3.8) is 0 Å². The van der Waals surface area contributed by atoms with E-state index in [1.165, 1.54) is 18.3 Å². The fraction of sp³-hybridized carbons (Fsp3) is 0.286. The number of halogens is 1. The highest BCUT2D eigenvalue weighted by Gasteiger charge is 2.20. The predicted octanol–water partition coefficient (Wildman–Crippen LogP) is 3.16. The van der Waals surface area contributed by atoms with E-state index in [1.807, 2.05) is 13.8 Å². The number of carbonyl (C=O) groups excluding carboxylic acids is 1. The lowest BCUT2D eigenvalue weighted by molar-refractivity contribution is 0.197. The van der Waals surface area contributed by atoms with Gasteiger partial charge in [0, 0.05) is 12.7 Å². The summed E-state index contributed by atoms with van der Waals surface area (Å²) < 4.78 is 12.9. The molecular formula is C14H17FN4O. The van der Waals surface area contributed by atoms with Crippen molar-refractivity contribution in [1.82, 2.24) is 15.1 Å². The SMILES string of the molecule is CCN(C(=O)Nc1cn[nH]c1)C(C)c1ccc(F)cc1. The Hall–Kier alpha value is -2.37. The lowest BCUT2D eigenvalue weighted by Gasteiger charge is -2.28. The van der Waals surface area contributed by atoms with E-state index in [2.05, 4.69) is 15.5 Å². The first-order chi connectivity index (χ1) is 9.61. The van der Waals surface area contributed by atoms with Gasteiger partial charge < -0.3 is 10.2 Å². The second kappa shape index (κ2) is 6.18. The van der Waals surface area contributed by atoms with Gasteiger partial charge in [-0.3, -0.25) is 5.10 Å². The van der Waals surface area contributed by atoms with E-state index in [0.29, 0.717) is 12.2 Å². The van der Waals surface area contributed by atoms with Crippen LogP contribution in [0.1, 0.15) is 25.5 Å². The van der Waals surface area contributed by atoms with Gasteiger partial charge in [0.2, 0.25) is 0 Å². The molecule has 1 unspecified atom stereocenters. The topological polar surface area (TPSA) is 61.0 Å². The van der Waals surface area contributed by atoms with Crippen LogP contribution < -0.4 is 5.32 Å². The first-order valence-corrected chi connectivity index (χ1v) is 6.43. The molecule has 1 atom stereocenters. The number of hydrogen-bond donors (Lipinski definition) is 2. The third kappa shape index (κ3) is 3.14. The number of rotatable bonds is 4. The Kier molecular flexibility index (Phi) is 4.34. The molecule has 6 heteroatoms. The summed E-state index contributed by atoms with van der Waals surface area (Å²) in [4.78, 5) is 13.9. The lowest BCUT2D eigenvalue weighted by atomic mass is 10.1. The van der Waals surface area contributed by atoms with Crippen LogP contribution in [0.3, 0.4) is 0 Å². The van der Waals surface area contributed by atoms with Crippen LogP contribution in [0.5, 0.6) is 0 Å². The zero-order valence-corrected chi connectivity index (χ0v) is 11.4. The molecule has 0 radical (unpaired) electrons. The number of aromatic amines is 1. The molecule has 20 heavy (non-hydrogen) atoms. The van der Waals surface area contributed by atoms with E-state index in [9.17, 15) is 9.18 Å². The Balaban J connectivity index is 2.10. The zero-order chi connectivity index (χ0) is 14.5. The van der Waals surface area contributed by atoms with Gasteiger partial charge in [0.05, 0.1) is 17.9 Å². The molecule has 0 saturated carbocycles. The molecule has 0 aliphatic heterocycles. The van der Waals surface area contributed by atoms with Crippen LogP contribution in [0.15, 0.2) is 36.7 Å². The van der Waals surface area contributed by atoms with Crippen LogP contribution in [-0.2, 0) is 0 Å². The van der Waals surface area contributed by atoms with Crippen molar-refractivity contribution in [2.24, 2.45) is 0 Å². The average molecular weight is 276 g/mol. The third-order valence-electron chi connectivity index (χ3n) is 3.17. The Labute approximate surface area is 116 Å². The molecule has 0 aliphatic rings. The molecule has 2 amide bonds. The average Bonchev–Trinajstić information content (AvgIpc) is 2.93. The summed E-state index contributed by atoms with van der Waals surface area (Å²) in [5.74, 6) is -0.285. The third-order valence-corrected chi connectivity index (χ3v) is 3.17. The number of amides is 2. The van der Waals surface area contributed by atoms with Crippen LogP contribution in [0.4, 0.5) is 14.9 Å². The van der Waals surface area contributed by atoms with Crippen molar-refractivity contribution in [3.8, 4) is 0 Å². The van der Waals surface area contributed by atoms with Crippen molar-refractivity contribution >= 4 is 11.7 Å². The van der Waals surface area contributed by atoms with Crippen LogP contribution in [-0.4, -0.2) is 27.7 Å². The fourth-order valence-corrected chi connectivity index (χ4v) is 2.03. The quantitative estimate of drug-likeness (QED) is 0.901. The summed E-state index contributed by atoms with van der Waals surface area (Å²) in [6.07, 6.45) is 3.14. The standard InChI is InChI=1S/C14H17FN4O/c1-3-19(14(20)18-13-8-16-17-9-13)10(2)11-4-6-12(15)7-5-11/h4-10H,3H2,1-2H3,(H,16,17)(H,18,20). The molecule has 0 spiro atoms. The van der Waals surface area contributed by atoms with E-state index in [1.54, 1.807) is 23.2 Å². The maximum absolute atomic E-state index is 12.9. The largest absolute Gasteiger partial charge is 0.322 e. The maximum atomic E-state index is 12.9. The summed E-state index contributed by atoms with van der Waals surface area (Å²) in [6.45, 7) is 4.35. The molecule has 5 nitrogen and oxygen atoms in total. The maximum Gasteiger partial charge on any atom is 0.322 e. The van der Waals surface area contributed by atoms with E-state index in [-0.39, 0.29) is 17.9 Å². The normalized spacial score (nSPS) is 11.9. The smallest absolute Gasteiger partial charge is 0.318 e. The number of aromatic nitrogens is 2. The molecular weight excluding hydrogens is 259 g/mol. The number of H-pyrrole nitrogens is 1. The van der Waals surface area contributed by atoms with Gasteiger partial charge in [0.15, 0.2) is 0 Å². The Morgan fingerprint density at radius 3 is 2.70 bits per heavy atom. The first-order valence-electron chi connectivity index (χ1n) is 6.43. The molecule has 1 heterocycles. The summed E-state index contributed by atoms with van der Waals surface area (Å²) in [5, 5.41) is 9.16. The monoisotopic (exact) mass is 276 g/mol. The van der Waals surface area contributed by atoms with E-state index >= 15 is 0 Å². The Morgan fingerprint density at radius 2 is 2.15 bits per heavy atom. The van der Waals surface area contributed by atoms with Gasteiger partial charge in [-0.15, -0.1) is 0 Å². The van der Waals surface area contributed by atoms with Gasteiger partial charge in [-0.25, -0.2) is 9.18 Å². The molecule has 2 aromatic rings. The van der Waals surface area contributed by atoms with Crippen molar-refractivity contribution in [2.45, 2.75) is 19.9 Å². The van der Waals surface area contributed by atoms with Crippen LogP contribution in [0.25, 0.3) is 0 Å². The summed E-state index contributed by atoms with van der Waals surface area (Å²) in [7, 11) is 0. The molecule has 0 bridgehead atoms. The summed E-state index contributed by atoms with van der Waals surface area (Å²) in [5.41, 5.74) is 1.50. The molecule has 0 aliphatic carbocycles. The number of anilines is 1. The Bertz CT molecular complexity index is 553. The van der Waals surface area contributed by atoms with Gasteiger partial charge in [-0.2, -0.15) is 5.10 Å². The lowest BCUT2D eigenvalue weighted by Crippen LogP contribution is -2.36. The number of nitrogens with zero attached hydrogens (tertiary/aromatic N) is 2. The van der Waals surface area contributed by atoms with E-state index < -0.39 is 0 Å². The van der Waals surface area contributed by atoms with Crippen molar-refractivity contribution in [3.05, 3.63) is 48.0 Å².